The van der Waals surface area contributed by atoms with E-state index >= 15 is 0 Å². The fourth-order valence-electron chi connectivity index (χ4n) is 1.24. The number of carbonyl (C=O) groups excluding carboxylic acids is 1. The first-order valence-electron chi connectivity index (χ1n) is 4.50. The van der Waals surface area contributed by atoms with E-state index in [1.54, 1.807) is 0 Å². The van der Waals surface area contributed by atoms with Crippen LogP contribution in [0.1, 0.15) is 5.69 Å². The lowest BCUT2D eigenvalue weighted by Gasteiger charge is -1.96. The Kier molecular flexibility index (Phi) is 2.45. The maximum Gasteiger partial charge on any atom is 0.223 e. The minimum absolute atomic E-state index is 0.118. The third-order valence-electron chi connectivity index (χ3n) is 1.88. The second kappa shape index (κ2) is 3.91. The Labute approximate surface area is 86.5 Å². The van der Waals surface area contributed by atoms with E-state index < -0.39 is 5.91 Å². The highest BCUT2D eigenvalue weighted by Gasteiger charge is 2.04. The summed E-state index contributed by atoms with van der Waals surface area (Å²) in [4.78, 5) is 12.1. The Bertz CT molecular complexity index is 463. The average Bonchev–Trinajstić information content (AvgIpc) is 2.67. The lowest BCUT2D eigenvalue weighted by Crippen LogP contribution is -2.14. The van der Waals surface area contributed by atoms with Gasteiger partial charge in [0, 0.05) is 0 Å². The molecule has 5 heteroatoms. The Morgan fingerprint density at radius 3 is 2.73 bits per heavy atom. The van der Waals surface area contributed by atoms with Gasteiger partial charge in [-0.15, -0.1) is 0 Å². The zero-order chi connectivity index (χ0) is 10.7. The van der Waals surface area contributed by atoms with Gasteiger partial charge in [0.15, 0.2) is 0 Å². The van der Waals surface area contributed by atoms with E-state index in [4.69, 9.17) is 5.73 Å². The molecule has 0 saturated heterocycles. The summed E-state index contributed by atoms with van der Waals surface area (Å²) in [6.07, 6.45) is 1.66. The molecule has 1 amide bonds. The lowest BCUT2D eigenvalue weighted by molar-refractivity contribution is -0.117. The molecule has 15 heavy (non-hydrogen) atoms. The molecule has 1 heterocycles. The van der Waals surface area contributed by atoms with Gasteiger partial charge in [-0.2, -0.15) is 15.0 Å². The second-order valence-corrected chi connectivity index (χ2v) is 3.10. The summed E-state index contributed by atoms with van der Waals surface area (Å²) >= 11 is 0. The van der Waals surface area contributed by atoms with Crippen molar-refractivity contribution in [3.8, 4) is 5.69 Å². The number of carbonyl (C=O) groups is 1. The Morgan fingerprint density at radius 2 is 2.07 bits per heavy atom. The van der Waals surface area contributed by atoms with E-state index in [0.717, 1.165) is 5.69 Å². The maximum absolute atomic E-state index is 10.7. The van der Waals surface area contributed by atoms with Crippen molar-refractivity contribution in [3.05, 3.63) is 42.2 Å². The van der Waals surface area contributed by atoms with Crippen molar-refractivity contribution in [2.45, 2.75) is 6.42 Å². The van der Waals surface area contributed by atoms with Crippen molar-refractivity contribution in [3.63, 3.8) is 0 Å². The minimum atomic E-state index is -0.407. The molecule has 0 atom stereocenters. The predicted octanol–water partition coefficient (Wildman–Crippen LogP) is 0.295. The molecule has 1 aromatic carbocycles. The van der Waals surface area contributed by atoms with Crippen LogP contribution >= 0.6 is 0 Å². The SMILES string of the molecule is NC(=O)Cc1cnn(-c2ccccc2)n1. The summed E-state index contributed by atoms with van der Waals surface area (Å²) in [6, 6.07) is 9.47. The molecule has 2 N–H and O–H groups in total. The van der Waals surface area contributed by atoms with Crippen molar-refractivity contribution in [1.82, 2.24) is 15.0 Å². The molecule has 1 aromatic heterocycles. The van der Waals surface area contributed by atoms with Gasteiger partial charge in [0.1, 0.15) is 0 Å². The molecule has 0 saturated carbocycles. The zero-order valence-corrected chi connectivity index (χ0v) is 8.00. The van der Waals surface area contributed by atoms with Gasteiger partial charge >= 0.3 is 0 Å². The first-order chi connectivity index (χ1) is 7.25. The van der Waals surface area contributed by atoms with Crippen molar-refractivity contribution in [2.75, 3.05) is 0 Å². The molecule has 5 nitrogen and oxygen atoms in total. The van der Waals surface area contributed by atoms with E-state index in [9.17, 15) is 4.79 Å². The summed E-state index contributed by atoms with van der Waals surface area (Å²) in [6.45, 7) is 0. The van der Waals surface area contributed by atoms with Crippen LogP contribution in [-0.2, 0) is 11.2 Å². The summed E-state index contributed by atoms with van der Waals surface area (Å²) in [5.74, 6) is -0.407. The van der Waals surface area contributed by atoms with Crippen LogP contribution in [0.15, 0.2) is 36.5 Å². The Hall–Kier alpha value is -2.17. The van der Waals surface area contributed by atoms with E-state index in [2.05, 4.69) is 10.2 Å². The molecule has 0 fully saturated rings. The lowest BCUT2D eigenvalue weighted by atomic mass is 10.3. The molecule has 76 valence electrons. The van der Waals surface area contributed by atoms with Gasteiger partial charge in [0.25, 0.3) is 0 Å². The molecular weight excluding hydrogens is 192 g/mol. The molecule has 0 aliphatic carbocycles. The van der Waals surface area contributed by atoms with E-state index in [1.807, 2.05) is 30.3 Å². The number of nitrogens with zero attached hydrogens (tertiary/aromatic N) is 3. The second-order valence-electron chi connectivity index (χ2n) is 3.10. The van der Waals surface area contributed by atoms with E-state index in [-0.39, 0.29) is 6.42 Å². The highest BCUT2D eigenvalue weighted by atomic mass is 16.1. The largest absolute Gasteiger partial charge is 0.369 e. The number of nitrogens with two attached hydrogens (primary N) is 1. The molecular formula is C10H10N4O. The minimum Gasteiger partial charge on any atom is -0.369 e. The van der Waals surface area contributed by atoms with Crippen LogP contribution in [0.4, 0.5) is 0 Å². The summed E-state index contributed by atoms with van der Waals surface area (Å²) < 4.78 is 0. The molecule has 2 rings (SSSR count). The van der Waals surface area contributed by atoms with Crippen LogP contribution in [0.25, 0.3) is 5.69 Å². The molecule has 0 aliphatic rings. The smallest absolute Gasteiger partial charge is 0.223 e. The van der Waals surface area contributed by atoms with Crippen LogP contribution in [-0.4, -0.2) is 20.9 Å². The molecule has 0 spiro atoms. The van der Waals surface area contributed by atoms with Crippen LogP contribution < -0.4 is 5.73 Å². The molecule has 0 radical (unpaired) electrons. The topological polar surface area (TPSA) is 73.8 Å². The predicted molar refractivity (Wildman–Crippen MR) is 54.3 cm³/mol. The van der Waals surface area contributed by atoms with Gasteiger partial charge < -0.3 is 5.73 Å². The molecule has 2 aromatic rings. The van der Waals surface area contributed by atoms with Crippen molar-refractivity contribution in [1.29, 1.82) is 0 Å². The number of amides is 1. The number of hydrogen-bond acceptors (Lipinski definition) is 3. The van der Waals surface area contributed by atoms with Gasteiger partial charge in [0.05, 0.1) is 24.0 Å². The Balaban J connectivity index is 2.24. The third-order valence-corrected chi connectivity index (χ3v) is 1.88. The van der Waals surface area contributed by atoms with Gasteiger partial charge in [-0.3, -0.25) is 4.79 Å². The van der Waals surface area contributed by atoms with Gasteiger partial charge in [-0.25, -0.2) is 0 Å². The fraction of sp³-hybridized carbons (Fsp3) is 0.100. The summed E-state index contributed by atoms with van der Waals surface area (Å²) in [7, 11) is 0. The van der Waals surface area contributed by atoms with Crippen LogP contribution in [0.3, 0.4) is 0 Å². The maximum atomic E-state index is 10.7. The first kappa shape index (κ1) is 9.39. The molecule has 0 bridgehead atoms. The number of para-hydroxylation sites is 1. The quantitative estimate of drug-likeness (QED) is 0.777. The van der Waals surface area contributed by atoms with Crippen LogP contribution in [0.5, 0.6) is 0 Å². The molecule has 0 unspecified atom stereocenters. The first-order valence-corrected chi connectivity index (χ1v) is 4.50. The number of hydrogen-bond donors (Lipinski definition) is 1. The van der Waals surface area contributed by atoms with Crippen molar-refractivity contribution < 1.29 is 4.79 Å². The van der Waals surface area contributed by atoms with Gasteiger partial charge in [-0.1, -0.05) is 18.2 Å². The number of benzene rings is 1. The monoisotopic (exact) mass is 202 g/mol. The standard InChI is InChI=1S/C10H10N4O/c11-10(15)6-8-7-12-14(13-8)9-4-2-1-3-5-9/h1-5,7H,6H2,(H2,11,15). The van der Waals surface area contributed by atoms with Crippen molar-refractivity contribution in [2.24, 2.45) is 5.73 Å². The van der Waals surface area contributed by atoms with Crippen molar-refractivity contribution >= 4 is 5.91 Å². The van der Waals surface area contributed by atoms with Crippen LogP contribution in [0.2, 0.25) is 0 Å². The highest BCUT2D eigenvalue weighted by molar-refractivity contribution is 5.75. The number of aromatic nitrogens is 3. The normalized spacial score (nSPS) is 10.1. The fourth-order valence-corrected chi connectivity index (χ4v) is 1.24. The number of rotatable bonds is 3. The molecule has 0 aliphatic heterocycles. The van der Waals surface area contributed by atoms with E-state index in [1.165, 1.54) is 11.0 Å². The summed E-state index contributed by atoms with van der Waals surface area (Å²) in [5.41, 5.74) is 6.49. The third kappa shape index (κ3) is 2.19. The van der Waals surface area contributed by atoms with Gasteiger partial charge in [-0.05, 0) is 12.1 Å². The highest BCUT2D eigenvalue weighted by Crippen LogP contribution is 2.04. The van der Waals surface area contributed by atoms with Gasteiger partial charge in [0.2, 0.25) is 5.91 Å². The zero-order valence-electron chi connectivity index (χ0n) is 8.00. The van der Waals surface area contributed by atoms with Crippen LogP contribution in [0, 0.1) is 0 Å². The Morgan fingerprint density at radius 1 is 1.33 bits per heavy atom. The average molecular weight is 202 g/mol. The van der Waals surface area contributed by atoms with E-state index in [0.29, 0.717) is 5.69 Å². The number of primary amides is 1. The summed E-state index contributed by atoms with van der Waals surface area (Å²) in [5, 5.41) is 8.16.